The average Bonchev–Trinajstić information content (AvgIpc) is 2.01. The molecule has 0 aromatic rings. The van der Waals surface area contributed by atoms with Crippen molar-refractivity contribution in [1.82, 2.24) is 0 Å². The summed E-state index contributed by atoms with van der Waals surface area (Å²) in [6.45, 7) is 13.2. The van der Waals surface area contributed by atoms with E-state index in [4.69, 9.17) is 4.79 Å². The van der Waals surface area contributed by atoms with Gasteiger partial charge >= 0.3 is 0 Å². The predicted octanol–water partition coefficient (Wildman–Crippen LogP) is 2.06. The molecule has 0 unspecified atom stereocenters. The van der Waals surface area contributed by atoms with Gasteiger partial charge in [-0.1, -0.05) is 6.08 Å². The van der Waals surface area contributed by atoms with Crippen molar-refractivity contribution in [2.75, 3.05) is 0 Å². The highest BCUT2D eigenvalue weighted by atomic mass is 16.1. The smallest absolute Gasteiger partial charge is 0.106 e. The van der Waals surface area contributed by atoms with Gasteiger partial charge in [-0.25, -0.2) is 0 Å². The summed E-state index contributed by atoms with van der Waals surface area (Å²) in [5.74, 6) is 0. The normalized spacial score (nSPS) is 2.56. The van der Waals surface area contributed by atoms with Crippen LogP contribution < -0.4 is 0 Å². The van der Waals surface area contributed by atoms with Gasteiger partial charge in [0.05, 0.1) is 0 Å². The highest BCUT2D eigenvalue weighted by Crippen LogP contribution is 1.38. The van der Waals surface area contributed by atoms with Crippen LogP contribution in [0, 0.1) is 12.8 Å². The van der Waals surface area contributed by atoms with Crippen molar-refractivity contribution >= 4 is 6.79 Å². The Hall–Kier alpha value is -1.29. The molecule has 0 spiro atoms. The lowest BCUT2D eigenvalue weighted by Gasteiger charge is -1.31. The topological polar surface area (TPSA) is 17.1 Å². The van der Waals surface area contributed by atoms with E-state index in [0.717, 1.165) is 0 Å². The van der Waals surface area contributed by atoms with Gasteiger partial charge in [-0.3, -0.25) is 0 Å². The van der Waals surface area contributed by atoms with Crippen LogP contribution in [0.15, 0.2) is 25.8 Å². The van der Waals surface area contributed by atoms with Gasteiger partial charge in [0, 0.05) is 0 Å². The van der Waals surface area contributed by atoms with Gasteiger partial charge in [-0.2, -0.15) is 0 Å². The quantitative estimate of drug-likeness (QED) is 0.358. The van der Waals surface area contributed by atoms with E-state index in [1.54, 1.807) is 6.08 Å². The summed E-state index contributed by atoms with van der Waals surface area (Å²) in [5, 5.41) is 0. The summed E-state index contributed by atoms with van der Waals surface area (Å²) < 4.78 is 0. The Morgan fingerprint density at radius 2 is 1.22 bits per heavy atom. The highest BCUT2D eigenvalue weighted by Gasteiger charge is 1.15. The molecule has 0 saturated carbocycles. The first-order chi connectivity index (χ1) is 4.41. The molecule has 0 radical (unpaired) electrons. The Kier molecular flexibility index (Phi) is 7290. The lowest BCUT2D eigenvalue weighted by atomic mass is 10.8. The maximum Gasteiger partial charge on any atom is 0.106 e. The molecular formula is C8H14O. The Morgan fingerprint density at radius 1 is 1.22 bits per heavy atom. The Bertz CT molecular complexity index is 43.8. The van der Waals surface area contributed by atoms with Crippen LogP contribution in [0.3, 0.4) is 0 Å². The maximum atomic E-state index is 8.00. The van der Waals surface area contributed by atoms with E-state index < -0.39 is 0 Å². The summed E-state index contributed by atoms with van der Waals surface area (Å²) >= 11 is 0. The minimum absolute atomic E-state index is 1.75. The van der Waals surface area contributed by atoms with Gasteiger partial charge in [-0.05, 0) is 6.92 Å². The number of hydrogen-bond donors (Lipinski definition) is 0. The molecule has 0 aromatic heterocycles. The van der Waals surface area contributed by atoms with Crippen LogP contribution in [0.4, 0.5) is 0 Å². The summed E-state index contributed by atoms with van der Waals surface area (Å²) in [6.07, 6.45) is 9.75. The predicted molar refractivity (Wildman–Crippen MR) is 44.1 cm³/mol. The van der Waals surface area contributed by atoms with Crippen molar-refractivity contribution in [3.8, 4) is 12.8 Å². The van der Waals surface area contributed by atoms with E-state index in [0.29, 0.717) is 0 Å². The van der Waals surface area contributed by atoms with Gasteiger partial charge in [0.2, 0.25) is 0 Å². The highest BCUT2D eigenvalue weighted by molar-refractivity contribution is 5.10. The third-order valence-corrected chi connectivity index (χ3v) is 0. The zero-order valence-corrected chi connectivity index (χ0v) is 5.97. The second kappa shape index (κ2) is 2600. The number of rotatable bonds is 0. The zero-order valence-electron chi connectivity index (χ0n) is 5.97. The molecule has 1 heteroatoms. The molecular weight excluding hydrogens is 112 g/mol. The third-order valence-electron chi connectivity index (χ3n) is 0. The Morgan fingerprint density at radius 3 is 1.22 bits per heavy atom. The van der Waals surface area contributed by atoms with Gasteiger partial charge in [0.25, 0.3) is 0 Å². The Balaban J connectivity index is -0.0000000190. The molecule has 0 N–H and O–H groups in total. The van der Waals surface area contributed by atoms with E-state index in [-0.39, 0.29) is 0 Å². The number of carbonyl (C=O) groups is 1. The molecule has 0 amide bonds. The number of hydrogen-bond acceptors (Lipinski definition) is 1. The number of allylic oxidation sites excluding steroid dienone is 1. The van der Waals surface area contributed by atoms with Crippen molar-refractivity contribution in [2.45, 2.75) is 6.92 Å². The molecule has 0 bridgehead atoms. The SMILES string of the molecule is C#C.C=C.C=CC.C=O. The largest absolute Gasteiger partial charge is 0.307 e. The first-order valence-corrected chi connectivity index (χ1v) is 2.11. The van der Waals surface area contributed by atoms with Crippen LogP contribution >= 0.6 is 0 Å². The van der Waals surface area contributed by atoms with Crippen LogP contribution in [0.25, 0.3) is 0 Å². The molecule has 1 nitrogen and oxygen atoms in total. The summed E-state index contributed by atoms with van der Waals surface area (Å²) in [4.78, 5) is 8.00. The molecule has 0 rings (SSSR count). The first kappa shape index (κ1) is 25.2. The molecule has 0 aliphatic rings. The third kappa shape index (κ3) is 89.5. The van der Waals surface area contributed by atoms with Crippen molar-refractivity contribution < 1.29 is 4.79 Å². The van der Waals surface area contributed by atoms with Crippen LogP contribution in [-0.4, -0.2) is 6.79 Å². The number of terminal acetylenes is 1. The monoisotopic (exact) mass is 126 g/mol. The minimum Gasteiger partial charge on any atom is -0.307 e. The zero-order chi connectivity index (χ0) is 8.71. The van der Waals surface area contributed by atoms with Crippen LogP contribution in [-0.2, 0) is 4.79 Å². The molecule has 0 saturated heterocycles. The summed E-state index contributed by atoms with van der Waals surface area (Å²) in [5.41, 5.74) is 0. The fourth-order valence-electron chi connectivity index (χ4n) is 0. The number of carbonyl (C=O) groups excluding carboxylic acids is 1. The minimum atomic E-state index is 1.75. The molecule has 0 atom stereocenters. The van der Waals surface area contributed by atoms with Crippen LogP contribution in [0.5, 0.6) is 0 Å². The van der Waals surface area contributed by atoms with E-state index in [1.807, 2.05) is 13.7 Å². The first-order valence-electron chi connectivity index (χ1n) is 2.11. The molecule has 9 heavy (non-hydrogen) atoms. The van der Waals surface area contributed by atoms with Crippen molar-refractivity contribution in [3.05, 3.63) is 25.8 Å². The molecule has 0 fully saturated rings. The van der Waals surface area contributed by atoms with Gasteiger partial charge < -0.3 is 4.79 Å². The second-order valence-electron chi connectivity index (χ2n) is 0.408. The lowest BCUT2D eigenvalue weighted by Crippen LogP contribution is -1.07. The average molecular weight is 126 g/mol. The molecule has 0 heterocycles. The molecule has 0 aliphatic carbocycles. The van der Waals surface area contributed by atoms with Crippen LogP contribution in [0.1, 0.15) is 6.92 Å². The molecule has 52 valence electrons. The lowest BCUT2D eigenvalue weighted by molar-refractivity contribution is -0.0979. The summed E-state index contributed by atoms with van der Waals surface area (Å²) in [6, 6.07) is 0. The van der Waals surface area contributed by atoms with E-state index in [9.17, 15) is 0 Å². The summed E-state index contributed by atoms with van der Waals surface area (Å²) in [7, 11) is 0. The van der Waals surface area contributed by atoms with E-state index in [2.05, 4.69) is 32.6 Å². The Labute approximate surface area is 58.1 Å². The second-order valence-corrected chi connectivity index (χ2v) is 0.408. The molecule has 0 aromatic carbocycles. The van der Waals surface area contributed by atoms with Gasteiger partial charge in [0.15, 0.2) is 0 Å². The van der Waals surface area contributed by atoms with Crippen molar-refractivity contribution in [3.63, 3.8) is 0 Å². The standard InChI is InChI=1S/C3H6.C2H4.C2H2.CH2O/c1-3-2;3*1-2/h3H,1H2,2H3;1-2H2;1-2H;1H2. The van der Waals surface area contributed by atoms with E-state index >= 15 is 0 Å². The van der Waals surface area contributed by atoms with Gasteiger partial charge in [-0.15, -0.1) is 32.6 Å². The van der Waals surface area contributed by atoms with E-state index in [1.165, 1.54) is 0 Å². The fraction of sp³-hybridized carbons (Fsp3) is 0.125. The maximum absolute atomic E-state index is 8.00. The van der Waals surface area contributed by atoms with Gasteiger partial charge in [0.1, 0.15) is 6.79 Å². The fourth-order valence-corrected chi connectivity index (χ4v) is 0. The molecule has 0 aliphatic heterocycles. The van der Waals surface area contributed by atoms with Crippen molar-refractivity contribution in [2.24, 2.45) is 0 Å². The van der Waals surface area contributed by atoms with Crippen LogP contribution in [0.2, 0.25) is 0 Å². The van der Waals surface area contributed by atoms with Crippen molar-refractivity contribution in [1.29, 1.82) is 0 Å².